The molecule has 0 fully saturated rings. The number of nitrogens with two attached hydrogens (primary N) is 1. The number of rotatable bonds is 7. The van der Waals surface area contributed by atoms with Crippen molar-refractivity contribution < 1.29 is 9.90 Å². The van der Waals surface area contributed by atoms with Crippen LogP contribution in [0, 0.1) is 0 Å². The van der Waals surface area contributed by atoms with Crippen molar-refractivity contribution in [1.29, 1.82) is 0 Å². The van der Waals surface area contributed by atoms with Crippen molar-refractivity contribution in [2.24, 2.45) is 5.73 Å². The summed E-state index contributed by atoms with van der Waals surface area (Å²) >= 11 is 0. The van der Waals surface area contributed by atoms with Gasteiger partial charge in [-0.05, 0) is 29.7 Å². The van der Waals surface area contributed by atoms with Gasteiger partial charge in [0.1, 0.15) is 0 Å². The molecule has 23 heavy (non-hydrogen) atoms. The van der Waals surface area contributed by atoms with Gasteiger partial charge >= 0.3 is 0 Å². The minimum absolute atomic E-state index is 0.0788. The summed E-state index contributed by atoms with van der Waals surface area (Å²) in [5, 5.41) is 9.97. The molecule has 3 N–H and O–H groups in total. The third-order valence-corrected chi connectivity index (χ3v) is 3.84. The number of benzene rings is 2. The van der Waals surface area contributed by atoms with Crippen LogP contribution in [-0.2, 0) is 13.1 Å². The van der Waals surface area contributed by atoms with Crippen LogP contribution in [0.2, 0.25) is 0 Å². The molecule has 2 aromatic carbocycles. The van der Waals surface area contributed by atoms with Crippen molar-refractivity contribution in [2.75, 3.05) is 6.54 Å². The highest BCUT2D eigenvalue weighted by molar-refractivity contribution is 5.94. The topological polar surface area (TPSA) is 66.6 Å². The minimum Gasteiger partial charge on any atom is -0.391 e. The lowest BCUT2D eigenvalue weighted by molar-refractivity contribution is 0.0598. The lowest BCUT2D eigenvalue weighted by Crippen LogP contribution is -2.36. The van der Waals surface area contributed by atoms with E-state index >= 15 is 0 Å². The number of nitrogens with zero attached hydrogens (tertiary/aromatic N) is 1. The molecule has 2 aromatic rings. The first-order valence-corrected chi connectivity index (χ1v) is 7.94. The fourth-order valence-electron chi connectivity index (χ4n) is 2.37. The van der Waals surface area contributed by atoms with Crippen LogP contribution < -0.4 is 5.73 Å². The Bertz CT molecular complexity index is 611. The summed E-state index contributed by atoms with van der Waals surface area (Å²) < 4.78 is 0. The predicted molar refractivity (Wildman–Crippen MR) is 91.8 cm³/mol. The molecule has 0 spiro atoms. The lowest BCUT2D eigenvalue weighted by atomic mass is 10.1. The molecule has 1 atom stereocenters. The average molecular weight is 312 g/mol. The fraction of sp³-hybridized carbons (Fsp3) is 0.316. The van der Waals surface area contributed by atoms with E-state index in [0.717, 1.165) is 11.1 Å². The van der Waals surface area contributed by atoms with E-state index in [1.54, 1.807) is 17.0 Å². The highest BCUT2D eigenvalue weighted by atomic mass is 16.3. The first-order chi connectivity index (χ1) is 11.1. The quantitative estimate of drug-likeness (QED) is 0.825. The standard InChI is InChI=1S/C19H24N2O2/c1-2-18(22)14-21(13-16-6-4-3-5-7-16)19(23)17-10-8-15(12-20)9-11-17/h3-11,18,22H,2,12-14,20H2,1H3. The van der Waals surface area contributed by atoms with Gasteiger partial charge < -0.3 is 15.7 Å². The van der Waals surface area contributed by atoms with Gasteiger partial charge in [0.25, 0.3) is 5.91 Å². The van der Waals surface area contributed by atoms with Gasteiger partial charge in [-0.15, -0.1) is 0 Å². The molecule has 0 aliphatic rings. The summed E-state index contributed by atoms with van der Waals surface area (Å²) in [6.07, 6.45) is 0.0935. The molecule has 1 amide bonds. The molecule has 0 saturated carbocycles. The zero-order valence-corrected chi connectivity index (χ0v) is 13.5. The van der Waals surface area contributed by atoms with Crippen molar-refractivity contribution in [3.63, 3.8) is 0 Å². The minimum atomic E-state index is -0.522. The molecule has 122 valence electrons. The maximum Gasteiger partial charge on any atom is 0.254 e. The van der Waals surface area contributed by atoms with Gasteiger partial charge in [-0.2, -0.15) is 0 Å². The number of carbonyl (C=O) groups is 1. The van der Waals surface area contributed by atoms with Gasteiger partial charge in [0, 0.05) is 25.2 Å². The van der Waals surface area contributed by atoms with Crippen molar-refractivity contribution in [1.82, 2.24) is 4.90 Å². The molecule has 0 saturated heterocycles. The predicted octanol–water partition coefficient (Wildman–Crippen LogP) is 2.56. The second-order valence-corrected chi connectivity index (χ2v) is 5.63. The lowest BCUT2D eigenvalue weighted by Gasteiger charge is -2.25. The van der Waals surface area contributed by atoms with Crippen LogP contribution in [0.25, 0.3) is 0 Å². The van der Waals surface area contributed by atoms with Crippen LogP contribution in [0.4, 0.5) is 0 Å². The van der Waals surface area contributed by atoms with E-state index in [2.05, 4.69) is 0 Å². The Morgan fingerprint density at radius 2 is 1.74 bits per heavy atom. The second-order valence-electron chi connectivity index (χ2n) is 5.63. The van der Waals surface area contributed by atoms with Crippen LogP contribution in [0.1, 0.15) is 34.8 Å². The number of amides is 1. The molecule has 0 radical (unpaired) electrons. The smallest absolute Gasteiger partial charge is 0.254 e. The fourth-order valence-corrected chi connectivity index (χ4v) is 2.37. The third-order valence-electron chi connectivity index (χ3n) is 3.84. The highest BCUT2D eigenvalue weighted by Gasteiger charge is 2.18. The zero-order chi connectivity index (χ0) is 16.7. The summed E-state index contributed by atoms with van der Waals surface area (Å²) in [6, 6.07) is 17.1. The molecule has 4 nitrogen and oxygen atoms in total. The third kappa shape index (κ3) is 4.91. The average Bonchev–Trinajstić information content (AvgIpc) is 2.61. The molecule has 0 aliphatic heterocycles. The summed E-state index contributed by atoms with van der Waals surface area (Å²) in [5.41, 5.74) is 8.24. The summed E-state index contributed by atoms with van der Waals surface area (Å²) in [5.74, 6) is -0.0788. The Labute approximate surface area is 137 Å². The van der Waals surface area contributed by atoms with Gasteiger partial charge in [-0.25, -0.2) is 0 Å². The number of aliphatic hydroxyl groups is 1. The van der Waals surface area contributed by atoms with E-state index in [1.807, 2.05) is 49.4 Å². The van der Waals surface area contributed by atoms with Crippen molar-refractivity contribution in [2.45, 2.75) is 32.5 Å². The number of carbonyl (C=O) groups excluding carboxylic acids is 1. The highest BCUT2D eigenvalue weighted by Crippen LogP contribution is 2.13. The van der Waals surface area contributed by atoms with E-state index < -0.39 is 6.10 Å². The summed E-state index contributed by atoms with van der Waals surface area (Å²) in [7, 11) is 0. The van der Waals surface area contributed by atoms with Crippen molar-refractivity contribution in [3.05, 3.63) is 71.3 Å². The van der Waals surface area contributed by atoms with Gasteiger partial charge in [0.05, 0.1) is 6.10 Å². The maximum absolute atomic E-state index is 12.8. The Kier molecular flexibility index (Phi) is 6.32. The van der Waals surface area contributed by atoms with Gasteiger partial charge in [0.2, 0.25) is 0 Å². The van der Waals surface area contributed by atoms with Gasteiger partial charge in [-0.3, -0.25) is 4.79 Å². The molecule has 1 unspecified atom stereocenters. The van der Waals surface area contributed by atoms with E-state index in [4.69, 9.17) is 5.73 Å². The molecular weight excluding hydrogens is 288 g/mol. The monoisotopic (exact) mass is 312 g/mol. The van der Waals surface area contributed by atoms with Crippen molar-refractivity contribution in [3.8, 4) is 0 Å². The zero-order valence-electron chi connectivity index (χ0n) is 13.5. The van der Waals surface area contributed by atoms with Crippen LogP contribution in [0.5, 0.6) is 0 Å². The molecule has 2 rings (SSSR count). The Morgan fingerprint density at radius 3 is 2.30 bits per heavy atom. The van der Waals surface area contributed by atoms with Gasteiger partial charge in [-0.1, -0.05) is 49.4 Å². The Hall–Kier alpha value is -2.17. The number of hydrogen-bond donors (Lipinski definition) is 2. The normalized spacial score (nSPS) is 12.0. The first kappa shape index (κ1) is 17.2. The van der Waals surface area contributed by atoms with E-state index in [0.29, 0.717) is 31.6 Å². The van der Waals surface area contributed by atoms with Crippen LogP contribution in [-0.4, -0.2) is 28.6 Å². The van der Waals surface area contributed by atoms with Gasteiger partial charge in [0.15, 0.2) is 0 Å². The Balaban J connectivity index is 2.18. The van der Waals surface area contributed by atoms with Crippen molar-refractivity contribution >= 4 is 5.91 Å². The molecule has 0 aromatic heterocycles. The summed E-state index contributed by atoms with van der Waals surface area (Å²) in [6.45, 7) is 3.17. The first-order valence-electron chi connectivity index (χ1n) is 7.94. The maximum atomic E-state index is 12.8. The van der Waals surface area contributed by atoms with Crippen LogP contribution >= 0.6 is 0 Å². The SMILES string of the molecule is CCC(O)CN(Cc1ccccc1)C(=O)c1ccc(CN)cc1. The van der Waals surface area contributed by atoms with Crippen LogP contribution in [0.15, 0.2) is 54.6 Å². The molecule has 0 heterocycles. The molecule has 4 heteroatoms. The second kappa shape index (κ2) is 8.46. The molecule has 0 aliphatic carbocycles. The van der Waals surface area contributed by atoms with Crippen LogP contribution in [0.3, 0.4) is 0 Å². The van der Waals surface area contributed by atoms with E-state index in [9.17, 15) is 9.90 Å². The molecule has 0 bridgehead atoms. The van der Waals surface area contributed by atoms with E-state index in [-0.39, 0.29) is 5.91 Å². The molecular formula is C19H24N2O2. The largest absolute Gasteiger partial charge is 0.391 e. The summed E-state index contributed by atoms with van der Waals surface area (Å²) in [4.78, 5) is 14.5. The van der Waals surface area contributed by atoms with E-state index in [1.165, 1.54) is 0 Å². The number of hydrogen-bond acceptors (Lipinski definition) is 3. The number of aliphatic hydroxyl groups excluding tert-OH is 1. The Morgan fingerprint density at radius 1 is 1.09 bits per heavy atom.